The Balaban J connectivity index is 3.06. The van der Waals surface area contributed by atoms with E-state index in [4.69, 9.17) is 23.2 Å². The summed E-state index contributed by atoms with van der Waals surface area (Å²) in [5, 5.41) is 1.33. The second-order valence-corrected chi connectivity index (χ2v) is 5.09. The van der Waals surface area contributed by atoms with Gasteiger partial charge < -0.3 is 0 Å². The summed E-state index contributed by atoms with van der Waals surface area (Å²) in [7, 11) is 3.26. The van der Waals surface area contributed by atoms with Gasteiger partial charge in [0.25, 0.3) is 0 Å². The lowest BCUT2D eigenvalue weighted by Crippen LogP contribution is -1.74. The molecule has 0 aromatic heterocycles. The zero-order valence-electron chi connectivity index (χ0n) is 5.40. The Hall–Kier alpha value is 0.760. The average Bonchev–Trinajstić information content (AvgIpc) is 1.79. The minimum Gasteiger partial charge on any atom is -0.0889 e. The van der Waals surface area contributed by atoms with Crippen molar-refractivity contribution >= 4 is 44.8 Å². The molecule has 0 fully saturated rings. The first-order valence-electron chi connectivity index (χ1n) is 2.54. The highest BCUT2D eigenvalue weighted by Crippen LogP contribution is 2.26. The van der Waals surface area contributed by atoms with E-state index in [9.17, 15) is 0 Å². The van der Waals surface area contributed by atoms with Crippen LogP contribution in [0.3, 0.4) is 0 Å². The number of hydrogen-bond donors (Lipinski definition) is 0. The van der Waals surface area contributed by atoms with Gasteiger partial charge >= 0.3 is 0 Å². The zero-order valence-corrected chi connectivity index (χ0v) is 8.55. The van der Waals surface area contributed by atoms with Gasteiger partial charge in [-0.3, -0.25) is 0 Å². The zero-order chi connectivity index (χ0) is 7.98. The number of rotatable bonds is 5. The molecule has 10 heavy (non-hydrogen) atoms. The van der Waals surface area contributed by atoms with Gasteiger partial charge in [-0.2, -0.15) is 0 Å². The molecular formula is C6H8Cl2S2. The molecule has 0 aliphatic rings. The van der Waals surface area contributed by atoms with Gasteiger partial charge in [0.05, 0.1) is 0 Å². The highest BCUT2D eigenvalue weighted by molar-refractivity contribution is 8.76. The van der Waals surface area contributed by atoms with Crippen molar-refractivity contribution in [2.75, 3.05) is 11.5 Å². The largest absolute Gasteiger partial charge is 0.0889 e. The topological polar surface area (TPSA) is 0 Å². The van der Waals surface area contributed by atoms with Crippen LogP contribution in [0.1, 0.15) is 0 Å². The standard InChI is InChI=1S/C6H8Cl2S2/c1-5(7)3-9-10-4-6(2)8/h1-4H2. The lowest BCUT2D eigenvalue weighted by molar-refractivity contribution is 1.74. The third-order valence-corrected chi connectivity index (χ3v) is 3.41. The van der Waals surface area contributed by atoms with E-state index in [2.05, 4.69) is 13.2 Å². The molecule has 0 atom stereocenters. The van der Waals surface area contributed by atoms with Gasteiger partial charge in [0.15, 0.2) is 0 Å². The minimum absolute atomic E-state index is 0.665. The highest BCUT2D eigenvalue weighted by atomic mass is 35.5. The molecule has 0 rings (SSSR count). The van der Waals surface area contributed by atoms with Crippen LogP contribution in [0.4, 0.5) is 0 Å². The summed E-state index contributed by atoms with van der Waals surface area (Å²) in [5.74, 6) is 1.52. The Morgan fingerprint density at radius 3 is 1.50 bits per heavy atom. The maximum absolute atomic E-state index is 5.51. The van der Waals surface area contributed by atoms with E-state index < -0.39 is 0 Å². The van der Waals surface area contributed by atoms with Crippen LogP contribution in [0, 0.1) is 0 Å². The van der Waals surface area contributed by atoms with Crippen LogP contribution >= 0.6 is 44.8 Å². The van der Waals surface area contributed by atoms with Crippen molar-refractivity contribution in [3.8, 4) is 0 Å². The Morgan fingerprint density at radius 2 is 1.30 bits per heavy atom. The minimum atomic E-state index is 0.665. The lowest BCUT2D eigenvalue weighted by atomic mass is 10.7. The van der Waals surface area contributed by atoms with Gasteiger partial charge in [-0.05, 0) is 0 Å². The summed E-state index contributed by atoms with van der Waals surface area (Å²) in [6.07, 6.45) is 0. The Bertz CT molecular complexity index is 118. The van der Waals surface area contributed by atoms with E-state index in [0.29, 0.717) is 10.1 Å². The predicted molar refractivity (Wildman–Crippen MR) is 54.9 cm³/mol. The molecule has 0 aromatic rings. The first kappa shape index (κ1) is 10.8. The lowest BCUT2D eigenvalue weighted by Gasteiger charge is -1.96. The first-order valence-corrected chi connectivity index (χ1v) is 5.78. The van der Waals surface area contributed by atoms with E-state index >= 15 is 0 Å². The Kier molecular flexibility index (Phi) is 6.96. The molecule has 4 heteroatoms. The van der Waals surface area contributed by atoms with Crippen LogP contribution in [-0.2, 0) is 0 Å². The molecule has 0 saturated carbocycles. The molecule has 0 saturated heterocycles. The van der Waals surface area contributed by atoms with Gasteiger partial charge in [0.2, 0.25) is 0 Å². The third-order valence-electron chi connectivity index (χ3n) is 0.514. The van der Waals surface area contributed by atoms with E-state index in [1.54, 1.807) is 21.6 Å². The van der Waals surface area contributed by atoms with Crippen molar-refractivity contribution in [2.45, 2.75) is 0 Å². The van der Waals surface area contributed by atoms with E-state index in [1.165, 1.54) is 0 Å². The molecule has 0 aromatic carbocycles. The van der Waals surface area contributed by atoms with Crippen LogP contribution in [0.5, 0.6) is 0 Å². The summed E-state index contributed by atoms with van der Waals surface area (Å²) < 4.78 is 0. The van der Waals surface area contributed by atoms with E-state index in [0.717, 1.165) is 11.5 Å². The summed E-state index contributed by atoms with van der Waals surface area (Å²) in [6.45, 7) is 7.10. The molecule has 0 N–H and O–H groups in total. The van der Waals surface area contributed by atoms with Gasteiger partial charge in [0, 0.05) is 21.6 Å². The van der Waals surface area contributed by atoms with Crippen LogP contribution in [-0.4, -0.2) is 11.5 Å². The van der Waals surface area contributed by atoms with Gasteiger partial charge in [-0.25, -0.2) is 0 Å². The summed E-state index contributed by atoms with van der Waals surface area (Å²) >= 11 is 11.0. The van der Waals surface area contributed by atoms with E-state index in [1.807, 2.05) is 0 Å². The smallest absolute Gasteiger partial charge is 0.0390 e. The third kappa shape index (κ3) is 8.76. The quantitative estimate of drug-likeness (QED) is 0.504. The molecule has 0 radical (unpaired) electrons. The molecule has 0 aliphatic carbocycles. The van der Waals surface area contributed by atoms with Crippen LogP contribution in [0.15, 0.2) is 23.2 Å². The van der Waals surface area contributed by atoms with Crippen molar-refractivity contribution in [3.63, 3.8) is 0 Å². The Morgan fingerprint density at radius 1 is 1.00 bits per heavy atom. The van der Waals surface area contributed by atoms with Crippen LogP contribution < -0.4 is 0 Å². The average molecular weight is 215 g/mol. The first-order chi connectivity index (χ1) is 4.63. The van der Waals surface area contributed by atoms with Crippen molar-refractivity contribution in [1.29, 1.82) is 0 Å². The van der Waals surface area contributed by atoms with Crippen molar-refractivity contribution in [1.82, 2.24) is 0 Å². The van der Waals surface area contributed by atoms with Crippen molar-refractivity contribution in [2.24, 2.45) is 0 Å². The van der Waals surface area contributed by atoms with Crippen molar-refractivity contribution in [3.05, 3.63) is 23.2 Å². The molecule has 0 spiro atoms. The van der Waals surface area contributed by atoms with E-state index in [-0.39, 0.29) is 0 Å². The monoisotopic (exact) mass is 214 g/mol. The fourth-order valence-corrected chi connectivity index (χ4v) is 2.70. The molecule has 0 bridgehead atoms. The highest BCUT2D eigenvalue weighted by Gasteiger charge is 1.92. The molecule has 0 heterocycles. The van der Waals surface area contributed by atoms with Gasteiger partial charge in [-0.15, -0.1) is 0 Å². The maximum atomic E-state index is 5.51. The molecule has 0 unspecified atom stereocenters. The summed E-state index contributed by atoms with van der Waals surface area (Å²) in [6, 6.07) is 0. The molecule has 0 nitrogen and oxygen atoms in total. The van der Waals surface area contributed by atoms with Crippen molar-refractivity contribution < 1.29 is 0 Å². The molecule has 0 amide bonds. The maximum Gasteiger partial charge on any atom is 0.0390 e. The fraction of sp³-hybridized carbons (Fsp3) is 0.333. The number of halogens is 2. The fourth-order valence-electron chi connectivity index (χ4n) is 0.211. The van der Waals surface area contributed by atoms with Gasteiger partial charge in [0.1, 0.15) is 0 Å². The molecule has 58 valence electrons. The van der Waals surface area contributed by atoms with Crippen LogP contribution in [0.25, 0.3) is 0 Å². The summed E-state index contributed by atoms with van der Waals surface area (Å²) in [5.41, 5.74) is 0. The molecular weight excluding hydrogens is 207 g/mol. The normalized spacial score (nSPS) is 9.40. The second kappa shape index (κ2) is 6.47. The van der Waals surface area contributed by atoms with Crippen LogP contribution in [0.2, 0.25) is 0 Å². The number of hydrogen-bond acceptors (Lipinski definition) is 2. The SMILES string of the molecule is C=C(Cl)CSSCC(=C)Cl. The summed E-state index contributed by atoms with van der Waals surface area (Å²) in [4.78, 5) is 0. The van der Waals surface area contributed by atoms with Gasteiger partial charge in [-0.1, -0.05) is 57.9 Å². The Labute approximate surface area is 79.4 Å². The predicted octanol–water partition coefficient (Wildman–Crippen LogP) is 3.87. The second-order valence-electron chi connectivity index (χ2n) is 1.56. The molecule has 0 aliphatic heterocycles.